The maximum Gasteiger partial charge on any atom is 0.251 e. The number of hydrogen-bond donors (Lipinski definition) is 1. The Kier molecular flexibility index (Phi) is 5.91. The minimum Gasteiger partial charge on any atom is -0.459 e. The molecule has 0 bridgehead atoms. The Bertz CT molecular complexity index is 1460. The van der Waals surface area contributed by atoms with E-state index in [9.17, 15) is 4.79 Å². The molecule has 1 unspecified atom stereocenters. The largest absolute Gasteiger partial charge is 0.459 e. The number of hydrogen-bond acceptors (Lipinski definition) is 5. The van der Waals surface area contributed by atoms with Gasteiger partial charge in [-0.15, -0.1) is 0 Å². The lowest BCUT2D eigenvalue weighted by molar-refractivity contribution is -0.121. The molecular formula is C28H27N5O2. The van der Waals surface area contributed by atoms with Gasteiger partial charge >= 0.3 is 0 Å². The van der Waals surface area contributed by atoms with Gasteiger partial charge in [0.2, 0.25) is 5.91 Å². The van der Waals surface area contributed by atoms with E-state index in [1.165, 1.54) is 0 Å². The third kappa shape index (κ3) is 4.57. The average Bonchev–Trinajstić information content (AvgIpc) is 3.39. The maximum absolute atomic E-state index is 13.3. The van der Waals surface area contributed by atoms with Crippen LogP contribution in [-0.4, -0.2) is 25.7 Å². The van der Waals surface area contributed by atoms with Gasteiger partial charge in [0.15, 0.2) is 0 Å². The summed E-state index contributed by atoms with van der Waals surface area (Å²) in [5.41, 5.74) is 5.98. The predicted octanol–water partition coefficient (Wildman–Crippen LogP) is 5.09. The summed E-state index contributed by atoms with van der Waals surface area (Å²) in [6, 6.07) is 21.2. The van der Waals surface area contributed by atoms with E-state index in [0.29, 0.717) is 11.7 Å². The quantitative estimate of drug-likeness (QED) is 0.377. The summed E-state index contributed by atoms with van der Waals surface area (Å²) in [5, 5.41) is 8.81. The lowest BCUT2D eigenvalue weighted by Crippen LogP contribution is -2.30. The first-order chi connectivity index (χ1) is 16.9. The number of carbonyl (C=O) groups excluding carboxylic acids is 1. The second-order valence-electron chi connectivity index (χ2n) is 8.79. The molecule has 35 heavy (non-hydrogen) atoms. The summed E-state index contributed by atoms with van der Waals surface area (Å²) in [7, 11) is 0. The standard InChI is InChI=1S/C28H27N5O2/c1-17-14-18(2)30-28(29-17)33-20(4)23(19(3)32-33)16-26(34)31-27(21-10-6-5-7-11-21)25-15-22-12-8-9-13-24(22)35-25/h5-15,27H,16H2,1-4H3,(H,31,34). The topological polar surface area (TPSA) is 85.8 Å². The molecule has 2 aromatic carbocycles. The fourth-order valence-corrected chi connectivity index (χ4v) is 4.41. The number of carbonyl (C=O) groups is 1. The number of rotatable bonds is 6. The van der Waals surface area contributed by atoms with Crippen molar-refractivity contribution < 1.29 is 9.21 Å². The first-order valence-corrected chi connectivity index (χ1v) is 11.6. The van der Waals surface area contributed by atoms with Crippen LogP contribution in [0.25, 0.3) is 16.9 Å². The summed E-state index contributed by atoms with van der Waals surface area (Å²) in [4.78, 5) is 22.4. The molecule has 0 saturated heterocycles. The zero-order chi connectivity index (χ0) is 24.5. The minimum absolute atomic E-state index is 0.119. The number of benzene rings is 2. The molecular weight excluding hydrogens is 438 g/mol. The van der Waals surface area contributed by atoms with Gasteiger partial charge in [0.1, 0.15) is 17.4 Å². The Labute approximate surface area is 203 Å². The van der Waals surface area contributed by atoms with Crippen LogP contribution in [0, 0.1) is 27.7 Å². The van der Waals surface area contributed by atoms with Crippen LogP contribution in [0.3, 0.4) is 0 Å². The highest BCUT2D eigenvalue weighted by molar-refractivity contribution is 5.81. The lowest BCUT2D eigenvalue weighted by Gasteiger charge is -2.17. The molecule has 0 spiro atoms. The Balaban J connectivity index is 1.44. The molecule has 7 heteroatoms. The van der Waals surface area contributed by atoms with Crippen molar-refractivity contribution in [2.45, 2.75) is 40.2 Å². The van der Waals surface area contributed by atoms with Gasteiger partial charge in [-0.2, -0.15) is 5.10 Å². The van der Waals surface area contributed by atoms with E-state index in [4.69, 9.17) is 4.42 Å². The van der Waals surface area contributed by atoms with Crippen molar-refractivity contribution in [3.05, 3.63) is 106 Å². The number of amides is 1. The Morgan fingerprint density at radius 3 is 2.34 bits per heavy atom. The van der Waals surface area contributed by atoms with Gasteiger partial charge in [0.25, 0.3) is 5.95 Å². The van der Waals surface area contributed by atoms with E-state index in [2.05, 4.69) is 20.4 Å². The van der Waals surface area contributed by atoms with Crippen molar-refractivity contribution >= 4 is 16.9 Å². The zero-order valence-corrected chi connectivity index (χ0v) is 20.2. The first-order valence-electron chi connectivity index (χ1n) is 11.6. The molecule has 0 fully saturated rings. The number of furan rings is 1. The normalized spacial score (nSPS) is 12.1. The molecule has 5 rings (SSSR count). The van der Waals surface area contributed by atoms with Crippen LogP contribution in [0.4, 0.5) is 0 Å². The van der Waals surface area contributed by atoms with Gasteiger partial charge < -0.3 is 9.73 Å². The first kappa shape index (κ1) is 22.5. The fraction of sp³-hybridized carbons (Fsp3) is 0.214. The molecule has 3 aromatic heterocycles. The van der Waals surface area contributed by atoms with Crippen molar-refractivity contribution in [1.29, 1.82) is 0 Å². The summed E-state index contributed by atoms with van der Waals surface area (Å²) in [6.07, 6.45) is 0.187. The van der Waals surface area contributed by atoms with Gasteiger partial charge in [-0.1, -0.05) is 48.5 Å². The van der Waals surface area contributed by atoms with Gasteiger partial charge in [0, 0.05) is 28.0 Å². The minimum atomic E-state index is -0.408. The monoisotopic (exact) mass is 465 g/mol. The second kappa shape index (κ2) is 9.18. The van der Waals surface area contributed by atoms with Gasteiger partial charge in [0.05, 0.1) is 12.1 Å². The van der Waals surface area contributed by atoms with Crippen molar-refractivity contribution in [3.63, 3.8) is 0 Å². The smallest absolute Gasteiger partial charge is 0.251 e. The van der Waals surface area contributed by atoms with E-state index in [1.807, 2.05) is 94.4 Å². The highest BCUT2D eigenvalue weighted by Crippen LogP contribution is 2.28. The Hall–Kier alpha value is -4.26. The SMILES string of the molecule is Cc1cc(C)nc(-n2nc(C)c(CC(=O)NC(c3ccccc3)c3cc4ccccc4o3)c2C)n1. The second-order valence-corrected chi connectivity index (χ2v) is 8.79. The van der Waals surface area contributed by atoms with Crippen LogP contribution in [0.1, 0.15) is 45.7 Å². The van der Waals surface area contributed by atoms with Crippen LogP contribution in [0.15, 0.2) is 71.1 Å². The van der Waals surface area contributed by atoms with Gasteiger partial charge in [-0.05, 0) is 51.5 Å². The Morgan fingerprint density at radius 1 is 0.943 bits per heavy atom. The zero-order valence-electron chi connectivity index (χ0n) is 20.2. The van der Waals surface area contributed by atoms with Crippen LogP contribution < -0.4 is 5.32 Å². The molecule has 3 heterocycles. The van der Waals surface area contributed by atoms with Crippen molar-refractivity contribution in [1.82, 2.24) is 25.1 Å². The highest BCUT2D eigenvalue weighted by atomic mass is 16.3. The van der Waals surface area contributed by atoms with E-state index >= 15 is 0 Å². The predicted molar refractivity (Wildman–Crippen MR) is 134 cm³/mol. The van der Waals surface area contributed by atoms with Gasteiger partial charge in [-0.3, -0.25) is 4.79 Å². The third-order valence-electron chi connectivity index (χ3n) is 6.11. The van der Waals surface area contributed by atoms with E-state index < -0.39 is 6.04 Å². The number of para-hydroxylation sites is 1. The van der Waals surface area contributed by atoms with Crippen LogP contribution >= 0.6 is 0 Å². The van der Waals surface area contributed by atoms with E-state index in [-0.39, 0.29) is 12.3 Å². The van der Waals surface area contributed by atoms with Crippen LogP contribution in [0.5, 0.6) is 0 Å². The third-order valence-corrected chi connectivity index (χ3v) is 6.11. The Morgan fingerprint density at radius 2 is 1.63 bits per heavy atom. The number of nitrogens with one attached hydrogen (secondary N) is 1. The molecule has 0 aliphatic carbocycles. The molecule has 0 aliphatic rings. The number of fused-ring (bicyclic) bond motifs is 1. The van der Waals surface area contributed by atoms with Crippen LogP contribution in [0.2, 0.25) is 0 Å². The summed E-state index contributed by atoms with van der Waals surface area (Å²) >= 11 is 0. The lowest BCUT2D eigenvalue weighted by atomic mass is 10.0. The molecule has 5 aromatic rings. The molecule has 0 radical (unpaired) electrons. The average molecular weight is 466 g/mol. The van der Waals surface area contributed by atoms with Gasteiger partial charge in [-0.25, -0.2) is 14.6 Å². The molecule has 7 nitrogen and oxygen atoms in total. The molecule has 1 atom stereocenters. The molecule has 0 saturated carbocycles. The summed E-state index contributed by atoms with van der Waals surface area (Å²) in [6.45, 7) is 7.71. The summed E-state index contributed by atoms with van der Waals surface area (Å²) in [5.74, 6) is 1.09. The van der Waals surface area contributed by atoms with Crippen molar-refractivity contribution in [2.75, 3.05) is 0 Å². The molecule has 0 aliphatic heterocycles. The van der Waals surface area contributed by atoms with Crippen LogP contribution in [-0.2, 0) is 11.2 Å². The van der Waals surface area contributed by atoms with Crippen molar-refractivity contribution in [2.24, 2.45) is 0 Å². The van der Waals surface area contributed by atoms with E-state index in [0.717, 1.165) is 44.9 Å². The number of nitrogens with zero attached hydrogens (tertiary/aromatic N) is 4. The highest BCUT2D eigenvalue weighted by Gasteiger charge is 2.23. The maximum atomic E-state index is 13.3. The van der Waals surface area contributed by atoms with E-state index in [1.54, 1.807) is 4.68 Å². The molecule has 1 amide bonds. The fourth-order valence-electron chi connectivity index (χ4n) is 4.41. The number of aromatic nitrogens is 4. The summed E-state index contributed by atoms with van der Waals surface area (Å²) < 4.78 is 7.83. The molecule has 1 N–H and O–H groups in total. The molecule has 176 valence electrons. The number of aryl methyl sites for hydroxylation is 3. The van der Waals surface area contributed by atoms with Crippen molar-refractivity contribution in [3.8, 4) is 5.95 Å².